The van der Waals surface area contributed by atoms with E-state index >= 15 is 0 Å². The van der Waals surface area contributed by atoms with E-state index in [-0.39, 0.29) is 22.4 Å². The zero-order chi connectivity index (χ0) is 9.09. The van der Waals surface area contributed by atoms with Crippen molar-refractivity contribution in [3.05, 3.63) is 0 Å². The molecule has 0 radical (unpaired) electrons. The third-order valence-electron chi connectivity index (χ3n) is 2.72. The SMILES string of the molecule is O=C1C2CC(O)C(Br)C2C1(Cl)Cl. The van der Waals surface area contributed by atoms with Crippen LogP contribution in [0.4, 0.5) is 0 Å². The van der Waals surface area contributed by atoms with Gasteiger partial charge in [-0.3, -0.25) is 4.79 Å². The molecule has 2 aliphatic rings. The lowest BCUT2D eigenvalue weighted by atomic mass is 9.74. The van der Waals surface area contributed by atoms with Gasteiger partial charge in [-0.05, 0) is 6.42 Å². The summed E-state index contributed by atoms with van der Waals surface area (Å²) in [5, 5.41) is 9.41. The maximum atomic E-state index is 11.3. The molecule has 68 valence electrons. The summed E-state index contributed by atoms with van der Waals surface area (Å²) in [6, 6.07) is 0. The number of carbonyl (C=O) groups excluding carboxylic acids is 1. The van der Waals surface area contributed by atoms with Crippen LogP contribution in [0.5, 0.6) is 0 Å². The van der Waals surface area contributed by atoms with Crippen LogP contribution < -0.4 is 0 Å². The molecule has 2 rings (SSSR count). The Morgan fingerprint density at radius 1 is 1.58 bits per heavy atom. The topological polar surface area (TPSA) is 37.3 Å². The highest BCUT2D eigenvalue weighted by molar-refractivity contribution is 9.09. The molecule has 2 aliphatic carbocycles. The molecule has 2 nitrogen and oxygen atoms in total. The summed E-state index contributed by atoms with van der Waals surface area (Å²) in [6.45, 7) is 0. The van der Waals surface area contributed by atoms with Crippen molar-refractivity contribution in [1.29, 1.82) is 0 Å². The minimum atomic E-state index is -1.27. The molecule has 5 heteroatoms. The van der Waals surface area contributed by atoms with E-state index < -0.39 is 10.4 Å². The smallest absolute Gasteiger partial charge is 0.180 e. The van der Waals surface area contributed by atoms with E-state index in [4.69, 9.17) is 23.2 Å². The Bertz CT molecular complexity index is 244. The molecule has 0 saturated heterocycles. The Morgan fingerprint density at radius 3 is 2.67 bits per heavy atom. The van der Waals surface area contributed by atoms with Gasteiger partial charge in [-0.2, -0.15) is 0 Å². The molecular formula is C7H7BrCl2O2. The van der Waals surface area contributed by atoms with Crippen LogP contribution in [0.25, 0.3) is 0 Å². The van der Waals surface area contributed by atoms with Crippen molar-refractivity contribution in [2.24, 2.45) is 11.8 Å². The predicted molar refractivity (Wildman–Crippen MR) is 49.8 cm³/mol. The Balaban J connectivity index is 2.26. The average molecular weight is 274 g/mol. The molecular weight excluding hydrogens is 267 g/mol. The van der Waals surface area contributed by atoms with Crippen LogP contribution in [0.2, 0.25) is 0 Å². The normalized spacial score (nSPS) is 50.2. The summed E-state index contributed by atoms with van der Waals surface area (Å²) in [7, 11) is 0. The van der Waals surface area contributed by atoms with Crippen molar-refractivity contribution in [3.8, 4) is 0 Å². The quantitative estimate of drug-likeness (QED) is 0.680. The molecule has 0 bridgehead atoms. The fraction of sp³-hybridized carbons (Fsp3) is 0.857. The van der Waals surface area contributed by atoms with E-state index in [0.29, 0.717) is 6.42 Å². The highest BCUT2D eigenvalue weighted by atomic mass is 79.9. The van der Waals surface area contributed by atoms with Crippen LogP contribution in [-0.4, -0.2) is 26.2 Å². The van der Waals surface area contributed by atoms with Crippen LogP contribution >= 0.6 is 39.1 Å². The molecule has 0 aromatic heterocycles. The number of hydrogen-bond acceptors (Lipinski definition) is 2. The highest BCUT2D eigenvalue weighted by Gasteiger charge is 2.67. The highest BCUT2D eigenvalue weighted by Crippen LogP contribution is 2.58. The van der Waals surface area contributed by atoms with E-state index in [0.717, 1.165) is 0 Å². The van der Waals surface area contributed by atoms with Crippen molar-refractivity contribution >= 4 is 44.9 Å². The minimum absolute atomic E-state index is 0.122. The number of halogens is 3. The summed E-state index contributed by atoms with van der Waals surface area (Å²) in [6.07, 6.45) is -0.0102. The first-order valence-corrected chi connectivity index (χ1v) is 5.37. The Hall–Kier alpha value is 0.690. The number of aliphatic hydroxyl groups excluding tert-OH is 1. The number of Topliss-reactive ketones (excluding diaryl/α,β-unsaturated/α-hetero) is 1. The van der Waals surface area contributed by atoms with Crippen LogP contribution in [0.1, 0.15) is 6.42 Å². The summed E-state index contributed by atoms with van der Waals surface area (Å²) in [5.74, 6) is -0.403. The van der Waals surface area contributed by atoms with Crippen molar-refractivity contribution in [1.82, 2.24) is 0 Å². The van der Waals surface area contributed by atoms with Crippen molar-refractivity contribution in [2.45, 2.75) is 21.7 Å². The molecule has 0 amide bonds. The molecule has 4 atom stereocenters. The minimum Gasteiger partial charge on any atom is -0.392 e. The third-order valence-corrected chi connectivity index (χ3v) is 4.78. The van der Waals surface area contributed by atoms with Gasteiger partial charge < -0.3 is 5.11 Å². The molecule has 0 spiro atoms. The molecule has 2 fully saturated rings. The number of ketones is 1. The number of carbonyl (C=O) groups is 1. The maximum Gasteiger partial charge on any atom is 0.180 e. The number of fused-ring (bicyclic) bond motifs is 1. The second-order valence-corrected chi connectivity index (χ2v) is 5.81. The fourth-order valence-electron chi connectivity index (χ4n) is 2.04. The van der Waals surface area contributed by atoms with Gasteiger partial charge in [0.05, 0.1) is 6.10 Å². The van der Waals surface area contributed by atoms with Gasteiger partial charge in [0.1, 0.15) is 0 Å². The number of aliphatic hydroxyl groups is 1. The molecule has 12 heavy (non-hydrogen) atoms. The van der Waals surface area contributed by atoms with Gasteiger partial charge >= 0.3 is 0 Å². The van der Waals surface area contributed by atoms with E-state index in [1.54, 1.807) is 0 Å². The lowest BCUT2D eigenvalue weighted by molar-refractivity contribution is -0.133. The Labute approximate surface area is 88.3 Å². The van der Waals surface area contributed by atoms with Crippen LogP contribution in [0.3, 0.4) is 0 Å². The molecule has 1 N–H and O–H groups in total. The maximum absolute atomic E-state index is 11.3. The van der Waals surface area contributed by atoms with Gasteiger partial charge in [-0.25, -0.2) is 0 Å². The second-order valence-electron chi connectivity index (χ2n) is 3.37. The zero-order valence-electron chi connectivity index (χ0n) is 6.01. The number of hydrogen-bond donors (Lipinski definition) is 1. The van der Waals surface area contributed by atoms with E-state index in [1.807, 2.05) is 0 Å². The lowest BCUT2D eigenvalue weighted by Gasteiger charge is -2.42. The second kappa shape index (κ2) is 2.59. The van der Waals surface area contributed by atoms with Gasteiger partial charge in [0, 0.05) is 16.7 Å². The third kappa shape index (κ3) is 0.939. The van der Waals surface area contributed by atoms with Gasteiger partial charge in [-0.1, -0.05) is 39.1 Å². The molecule has 4 unspecified atom stereocenters. The number of rotatable bonds is 0. The summed E-state index contributed by atoms with van der Waals surface area (Å²) < 4.78 is -1.27. The Kier molecular flexibility index (Phi) is 2.00. The molecule has 0 heterocycles. The molecule has 0 aliphatic heterocycles. The van der Waals surface area contributed by atoms with Gasteiger partial charge in [0.25, 0.3) is 0 Å². The van der Waals surface area contributed by atoms with Gasteiger partial charge in [0.2, 0.25) is 0 Å². The summed E-state index contributed by atoms with van der Waals surface area (Å²) in [4.78, 5) is 11.1. The average Bonchev–Trinajstić information content (AvgIpc) is 2.27. The van der Waals surface area contributed by atoms with Crippen LogP contribution in [0.15, 0.2) is 0 Å². The van der Waals surface area contributed by atoms with E-state index in [9.17, 15) is 9.90 Å². The fourth-order valence-corrected chi connectivity index (χ4v) is 4.18. The van der Waals surface area contributed by atoms with Crippen LogP contribution in [-0.2, 0) is 4.79 Å². The first-order chi connectivity index (χ1) is 5.46. The molecule has 0 aromatic rings. The standard InChI is InChI=1S/C7H7BrCl2O2/c8-5-3(11)1-2-4(5)7(9,10)6(2)12/h2-5,11H,1H2. The monoisotopic (exact) mass is 272 g/mol. The van der Waals surface area contributed by atoms with Crippen molar-refractivity contribution in [3.63, 3.8) is 0 Å². The van der Waals surface area contributed by atoms with Gasteiger partial charge in [0.15, 0.2) is 10.1 Å². The summed E-state index contributed by atoms with van der Waals surface area (Å²) >= 11 is 14.9. The zero-order valence-corrected chi connectivity index (χ0v) is 9.10. The molecule has 0 aromatic carbocycles. The van der Waals surface area contributed by atoms with E-state index in [2.05, 4.69) is 15.9 Å². The first-order valence-electron chi connectivity index (χ1n) is 3.70. The van der Waals surface area contributed by atoms with Gasteiger partial charge in [-0.15, -0.1) is 0 Å². The predicted octanol–water partition coefficient (Wildman–Crippen LogP) is 1.50. The van der Waals surface area contributed by atoms with Crippen LogP contribution in [0, 0.1) is 11.8 Å². The molecule has 2 saturated carbocycles. The number of alkyl halides is 3. The van der Waals surface area contributed by atoms with E-state index in [1.165, 1.54) is 0 Å². The largest absolute Gasteiger partial charge is 0.392 e. The summed E-state index contributed by atoms with van der Waals surface area (Å²) in [5.41, 5.74) is 0. The Morgan fingerprint density at radius 2 is 2.17 bits per heavy atom. The first kappa shape index (κ1) is 9.25. The lowest BCUT2D eigenvalue weighted by Crippen LogP contribution is -2.56. The van der Waals surface area contributed by atoms with Crippen molar-refractivity contribution in [2.75, 3.05) is 0 Å². The van der Waals surface area contributed by atoms with Crippen molar-refractivity contribution < 1.29 is 9.90 Å².